The molecule has 0 aromatic carbocycles. The van der Waals surface area contributed by atoms with Crippen molar-refractivity contribution in [2.24, 2.45) is 0 Å². The summed E-state index contributed by atoms with van der Waals surface area (Å²) in [5.74, 6) is 0.298. The van der Waals surface area contributed by atoms with Crippen LogP contribution in [0.1, 0.15) is 12.8 Å². The molecule has 1 amide bonds. The second-order valence-corrected chi connectivity index (χ2v) is 3.39. The van der Waals surface area contributed by atoms with E-state index in [2.05, 4.69) is 10.1 Å². The number of likely N-dealkylation sites (tertiary alicyclic amines) is 1. The summed E-state index contributed by atoms with van der Waals surface area (Å²) in [4.78, 5) is 17.2. The van der Waals surface area contributed by atoms with Crippen molar-refractivity contribution in [3.05, 3.63) is 6.33 Å². The van der Waals surface area contributed by atoms with Crippen LogP contribution >= 0.6 is 0 Å². The molecule has 0 unspecified atom stereocenters. The van der Waals surface area contributed by atoms with Crippen LogP contribution in [0.4, 0.5) is 5.95 Å². The Morgan fingerprint density at radius 1 is 1.50 bits per heavy atom. The van der Waals surface area contributed by atoms with E-state index in [9.17, 15) is 4.79 Å². The summed E-state index contributed by atoms with van der Waals surface area (Å²) in [6, 6.07) is 0. The number of nitrogen functional groups attached to an aromatic ring is 1. The minimum Gasteiger partial charge on any atom is -0.367 e. The summed E-state index contributed by atoms with van der Waals surface area (Å²) < 4.78 is 1.47. The van der Waals surface area contributed by atoms with Crippen LogP contribution in [0.5, 0.6) is 0 Å². The lowest BCUT2D eigenvalue weighted by Gasteiger charge is -2.14. The average molecular weight is 195 g/mol. The maximum Gasteiger partial charge on any atom is 0.244 e. The summed E-state index contributed by atoms with van der Waals surface area (Å²) in [5, 5.41) is 3.86. The van der Waals surface area contributed by atoms with Gasteiger partial charge in [0.1, 0.15) is 12.9 Å². The van der Waals surface area contributed by atoms with E-state index in [0.717, 1.165) is 25.9 Å². The molecule has 2 N–H and O–H groups in total. The van der Waals surface area contributed by atoms with Gasteiger partial charge >= 0.3 is 0 Å². The zero-order chi connectivity index (χ0) is 9.97. The molecule has 1 aromatic heterocycles. The van der Waals surface area contributed by atoms with Crippen LogP contribution in [-0.4, -0.2) is 38.7 Å². The van der Waals surface area contributed by atoms with Crippen LogP contribution in [0.15, 0.2) is 6.33 Å². The molecule has 0 saturated carbocycles. The molecular formula is C8H13N5O. The van der Waals surface area contributed by atoms with Gasteiger partial charge in [0.2, 0.25) is 11.9 Å². The molecule has 14 heavy (non-hydrogen) atoms. The van der Waals surface area contributed by atoms with Gasteiger partial charge in [0.25, 0.3) is 0 Å². The first-order chi connectivity index (χ1) is 6.75. The van der Waals surface area contributed by atoms with Gasteiger partial charge in [-0.2, -0.15) is 0 Å². The van der Waals surface area contributed by atoms with Gasteiger partial charge in [-0.25, -0.2) is 9.67 Å². The Bertz CT molecular complexity index is 328. The predicted octanol–water partition coefficient (Wildman–Crippen LogP) is -0.517. The van der Waals surface area contributed by atoms with Crippen LogP contribution in [0, 0.1) is 0 Å². The minimum atomic E-state index is 0.0902. The highest BCUT2D eigenvalue weighted by atomic mass is 16.2. The van der Waals surface area contributed by atoms with Crippen molar-refractivity contribution in [3.63, 3.8) is 0 Å². The molecule has 6 heteroatoms. The highest BCUT2D eigenvalue weighted by Crippen LogP contribution is 2.07. The second kappa shape index (κ2) is 3.65. The summed E-state index contributed by atoms with van der Waals surface area (Å²) in [6.45, 7) is 1.97. The molecule has 0 radical (unpaired) electrons. The van der Waals surface area contributed by atoms with E-state index >= 15 is 0 Å². The first-order valence-corrected chi connectivity index (χ1v) is 4.68. The van der Waals surface area contributed by atoms with E-state index in [4.69, 9.17) is 5.73 Å². The molecule has 1 saturated heterocycles. The zero-order valence-corrected chi connectivity index (χ0v) is 7.89. The van der Waals surface area contributed by atoms with Crippen molar-refractivity contribution in [3.8, 4) is 0 Å². The highest BCUT2D eigenvalue weighted by Gasteiger charge is 2.18. The van der Waals surface area contributed by atoms with E-state index in [1.807, 2.05) is 4.90 Å². The van der Waals surface area contributed by atoms with Crippen molar-refractivity contribution in [1.82, 2.24) is 19.7 Å². The van der Waals surface area contributed by atoms with Crippen LogP contribution in [0.25, 0.3) is 0 Å². The van der Waals surface area contributed by atoms with Crippen molar-refractivity contribution < 1.29 is 4.79 Å². The second-order valence-electron chi connectivity index (χ2n) is 3.39. The molecule has 2 rings (SSSR count). The maximum absolute atomic E-state index is 11.6. The third-order valence-electron chi connectivity index (χ3n) is 2.31. The van der Waals surface area contributed by atoms with Crippen LogP contribution in [-0.2, 0) is 11.3 Å². The van der Waals surface area contributed by atoms with E-state index < -0.39 is 0 Å². The number of nitrogens with two attached hydrogens (primary N) is 1. The van der Waals surface area contributed by atoms with Gasteiger partial charge in [-0.05, 0) is 12.8 Å². The van der Waals surface area contributed by atoms with Crippen molar-refractivity contribution in [2.45, 2.75) is 19.4 Å². The number of rotatable bonds is 2. The fourth-order valence-electron chi connectivity index (χ4n) is 1.59. The number of carbonyl (C=O) groups is 1. The third kappa shape index (κ3) is 1.84. The van der Waals surface area contributed by atoms with Crippen LogP contribution in [0.3, 0.4) is 0 Å². The fourth-order valence-corrected chi connectivity index (χ4v) is 1.59. The Balaban J connectivity index is 1.93. The normalized spacial score (nSPS) is 16.1. The Kier molecular flexibility index (Phi) is 2.34. The molecular weight excluding hydrogens is 182 g/mol. The molecule has 1 aliphatic heterocycles. The van der Waals surface area contributed by atoms with E-state index in [1.54, 1.807) is 0 Å². The molecule has 1 aromatic rings. The molecule has 0 spiro atoms. The molecule has 2 heterocycles. The topological polar surface area (TPSA) is 77.0 Å². The zero-order valence-electron chi connectivity index (χ0n) is 7.89. The predicted molar refractivity (Wildman–Crippen MR) is 50.2 cm³/mol. The fraction of sp³-hybridized carbons (Fsp3) is 0.625. The van der Waals surface area contributed by atoms with Gasteiger partial charge in [-0.3, -0.25) is 4.79 Å². The van der Waals surface area contributed by atoms with E-state index in [0.29, 0.717) is 0 Å². The molecule has 1 aliphatic rings. The Labute approximate surface area is 81.7 Å². The number of hydrogen-bond acceptors (Lipinski definition) is 4. The molecule has 6 nitrogen and oxygen atoms in total. The lowest BCUT2D eigenvalue weighted by Crippen LogP contribution is -2.31. The molecule has 76 valence electrons. The van der Waals surface area contributed by atoms with Crippen LogP contribution < -0.4 is 5.73 Å². The maximum atomic E-state index is 11.6. The SMILES string of the molecule is Nc1ncn(CC(=O)N2CCCC2)n1. The van der Waals surface area contributed by atoms with Gasteiger partial charge in [0, 0.05) is 13.1 Å². The lowest BCUT2D eigenvalue weighted by molar-refractivity contribution is -0.130. The first-order valence-electron chi connectivity index (χ1n) is 4.68. The van der Waals surface area contributed by atoms with Gasteiger partial charge in [-0.15, -0.1) is 5.10 Å². The molecule has 1 fully saturated rings. The number of aromatic nitrogens is 3. The quantitative estimate of drug-likeness (QED) is 0.689. The third-order valence-corrected chi connectivity index (χ3v) is 2.31. The first kappa shape index (κ1) is 8.98. The number of anilines is 1. The lowest BCUT2D eigenvalue weighted by atomic mass is 10.4. The minimum absolute atomic E-state index is 0.0902. The van der Waals surface area contributed by atoms with Crippen molar-refractivity contribution >= 4 is 11.9 Å². The molecule has 0 atom stereocenters. The standard InChI is InChI=1S/C8H13N5O/c9-8-10-6-13(11-8)5-7(14)12-3-1-2-4-12/h6H,1-5H2,(H2,9,11). The Hall–Kier alpha value is -1.59. The number of amides is 1. The summed E-state index contributed by atoms with van der Waals surface area (Å²) in [6.07, 6.45) is 3.68. The van der Waals surface area contributed by atoms with Gasteiger partial charge in [0.05, 0.1) is 0 Å². The highest BCUT2D eigenvalue weighted by molar-refractivity contribution is 5.76. The number of nitrogens with zero attached hydrogens (tertiary/aromatic N) is 4. The summed E-state index contributed by atoms with van der Waals surface area (Å²) in [5.41, 5.74) is 5.34. The Morgan fingerprint density at radius 3 is 2.79 bits per heavy atom. The van der Waals surface area contributed by atoms with Crippen LogP contribution in [0.2, 0.25) is 0 Å². The van der Waals surface area contributed by atoms with Crippen molar-refractivity contribution in [2.75, 3.05) is 18.8 Å². The number of hydrogen-bond donors (Lipinski definition) is 1. The largest absolute Gasteiger partial charge is 0.367 e. The number of carbonyl (C=O) groups excluding carboxylic acids is 1. The molecule has 0 aliphatic carbocycles. The Morgan fingerprint density at radius 2 is 2.21 bits per heavy atom. The van der Waals surface area contributed by atoms with Gasteiger partial charge < -0.3 is 10.6 Å². The smallest absolute Gasteiger partial charge is 0.244 e. The summed E-state index contributed by atoms with van der Waals surface area (Å²) in [7, 11) is 0. The van der Waals surface area contributed by atoms with E-state index in [-0.39, 0.29) is 18.4 Å². The average Bonchev–Trinajstić information content (AvgIpc) is 2.75. The van der Waals surface area contributed by atoms with Gasteiger partial charge in [0.15, 0.2) is 0 Å². The molecule has 0 bridgehead atoms. The summed E-state index contributed by atoms with van der Waals surface area (Å²) >= 11 is 0. The van der Waals surface area contributed by atoms with Gasteiger partial charge in [-0.1, -0.05) is 0 Å². The monoisotopic (exact) mass is 195 g/mol. The van der Waals surface area contributed by atoms with Crippen molar-refractivity contribution in [1.29, 1.82) is 0 Å². The van der Waals surface area contributed by atoms with E-state index in [1.165, 1.54) is 11.0 Å².